The molecule has 0 bridgehead atoms. The molecule has 0 aliphatic rings. The predicted molar refractivity (Wildman–Crippen MR) is 83.1 cm³/mol. The van der Waals surface area contributed by atoms with Gasteiger partial charge in [0.25, 0.3) is 0 Å². The number of para-hydroxylation sites is 1. The maximum absolute atomic E-state index is 11.9. The van der Waals surface area contributed by atoms with Crippen LogP contribution in [0.3, 0.4) is 0 Å². The monoisotopic (exact) mass is 325 g/mol. The van der Waals surface area contributed by atoms with Gasteiger partial charge < -0.3 is 15.2 Å². The van der Waals surface area contributed by atoms with E-state index in [1.54, 1.807) is 0 Å². The number of hydrogen-bond donors (Lipinski definition) is 1. The lowest BCUT2D eigenvalue weighted by Crippen LogP contribution is -2.14. The zero-order valence-electron chi connectivity index (χ0n) is 11.0. The number of nitrogens with two attached hydrogens (primary N) is 1. The van der Waals surface area contributed by atoms with Gasteiger partial charge in [-0.05, 0) is 24.3 Å². The number of hydrogen-bond acceptors (Lipinski definition) is 4. The number of anilines is 1. The van der Waals surface area contributed by atoms with Crippen molar-refractivity contribution < 1.29 is 14.3 Å². The first-order valence-corrected chi connectivity index (χ1v) is 6.93. The molecule has 0 heterocycles. The van der Waals surface area contributed by atoms with Gasteiger partial charge in [-0.1, -0.05) is 41.4 Å². The third-order valence-electron chi connectivity index (χ3n) is 2.67. The van der Waals surface area contributed by atoms with Crippen molar-refractivity contribution in [3.05, 3.63) is 58.1 Å². The van der Waals surface area contributed by atoms with Crippen molar-refractivity contribution in [2.75, 3.05) is 18.9 Å². The highest BCUT2D eigenvalue weighted by atomic mass is 35.5. The number of benzene rings is 2. The van der Waals surface area contributed by atoms with Crippen LogP contribution in [0, 0.1) is 0 Å². The lowest BCUT2D eigenvalue weighted by atomic mass is 10.2. The molecule has 0 unspecified atom stereocenters. The Kier molecular flexibility index (Phi) is 5.31. The molecule has 0 fully saturated rings. The van der Waals surface area contributed by atoms with Gasteiger partial charge in [-0.15, -0.1) is 0 Å². The largest absolute Gasteiger partial charge is 0.490 e. The van der Waals surface area contributed by atoms with Crippen molar-refractivity contribution >= 4 is 34.9 Å². The van der Waals surface area contributed by atoms with Crippen molar-refractivity contribution in [2.24, 2.45) is 0 Å². The second kappa shape index (κ2) is 7.20. The van der Waals surface area contributed by atoms with Crippen LogP contribution in [0.4, 0.5) is 5.69 Å². The lowest BCUT2D eigenvalue weighted by Gasteiger charge is -2.10. The van der Waals surface area contributed by atoms with Crippen LogP contribution >= 0.6 is 23.2 Å². The van der Waals surface area contributed by atoms with Gasteiger partial charge in [-0.25, -0.2) is 4.79 Å². The van der Waals surface area contributed by atoms with Crippen molar-refractivity contribution in [3.8, 4) is 5.75 Å². The molecule has 0 saturated heterocycles. The van der Waals surface area contributed by atoms with Crippen molar-refractivity contribution in [1.29, 1.82) is 0 Å². The molecule has 0 amide bonds. The number of nitrogen functional groups attached to an aromatic ring is 1. The summed E-state index contributed by atoms with van der Waals surface area (Å²) in [5.41, 5.74) is 5.91. The predicted octanol–water partition coefficient (Wildman–Crippen LogP) is 3.81. The highest BCUT2D eigenvalue weighted by molar-refractivity contribution is 6.38. The first-order chi connectivity index (χ1) is 10.1. The molecule has 21 heavy (non-hydrogen) atoms. The molecule has 0 saturated carbocycles. The molecule has 0 aromatic heterocycles. The normalized spacial score (nSPS) is 10.2. The van der Waals surface area contributed by atoms with E-state index in [1.165, 1.54) is 12.1 Å². The second-order valence-corrected chi connectivity index (χ2v) is 4.93. The van der Waals surface area contributed by atoms with Crippen LogP contribution < -0.4 is 10.5 Å². The summed E-state index contributed by atoms with van der Waals surface area (Å²) in [6, 6.07) is 12.2. The summed E-state index contributed by atoms with van der Waals surface area (Å²) in [4.78, 5) is 11.9. The van der Waals surface area contributed by atoms with E-state index >= 15 is 0 Å². The van der Waals surface area contributed by atoms with E-state index in [1.807, 2.05) is 30.3 Å². The summed E-state index contributed by atoms with van der Waals surface area (Å²) < 4.78 is 10.5. The van der Waals surface area contributed by atoms with E-state index < -0.39 is 5.97 Å². The van der Waals surface area contributed by atoms with Crippen LogP contribution in [0.2, 0.25) is 10.0 Å². The number of rotatable bonds is 5. The van der Waals surface area contributed by atoms with Gasteiger partial charge in [-0.2, -0.15) is 0 Å². The van der Waals surface area contributed by atoms with Gasteiger partial charge in [0.1, 0.15) is 24.5 Å². The Bertz CT molecular complexity index is 632. The average molecular weight is 326 g/mol. The van der Waals surface area contributed by atoms with Gasteiger partial charge >= 0.3 is 5.97 Å². The van der Waals surface area contributed by atoms with Crippen molar-refractivity contribution in [2.45, 2.75) is 0 Å². The first kappa shape index (κ1) is 15.5. The fourth-order valence-corrected chi connectivity index (χ4v) is 2.06. The van der Waals surface area contributed by atoms with Gasteiger partial charge in [0, 0.05) is 0 Å². The van der Waals surface area contributed by atoms with Crippen LogP contribution in [0.5, 0.6) is 5.75 Å². The van der Waals surface area contributed by atoms with Gasteiger partial charge in [0.15, 0.2) is 0 Å². The molecule has 6 heteroatoms. The van der Waals surface area contributed by atoms with E-state index in [-0.39, 0.29) is 34.5 Å². The fraction of sp³-hybridized carbons (Fsp3) is 0.133. The highest BCUT2D eigenvalue weighted by Crippen LogP contribution is 2.29. The minimum absolute atomic E-state index is 0.0730. The van der Waals surface area contributed by atoms with E-state index in [4.69, 9.17) is 38.4 Å². The molecule has 4 nitrogen and oxygen atoms in total. The quantitative estimate of drug-likeness (QED) is 0.516. The highest BCUT2D eigenvalue weighted by Gasteiger charge is 2.17. The first-order valence-electron chi connectivity index (χ1n) is 6.18. The minimum atomic E-state index is -0.628. The molecule has 0 spiro atoms. The molecule has 0 atom stereocenters. The molecule has 0 radical (unpaired) electrons. The van der Waals surface area contributed by atoms with Crippen LogP contribution in [0.1, 0.15) is 10.4 Å². The Hall–Kier alpha value is -1.91. The van der Waals surface area contributed by atoms with Crippen molar-refractivity contribution in [1.82, 2.24) is 0 Å². The maximum Gasteiger partial charge on any atom is 0.341 e. The standard InChI is InChI=1S/C15H13Cl2NO3/c16-11-6-7-12(17)14(18)13(11)15(19)21-9-8-20-10-4-2-1-3-5-10/h1-7H,8-9,18H2. The van der Waals surface area contributed by atoms with Crippen LogP contribution in [-0.2, 0) is 4.74 Å². The smallest absolute Gasteiger partial charge is 0.341 e. The van der Waals surface area contributed by atoms with E-state index in [0.717, 1.165) is 0 Å². The SMILES string of the molecule is Nc1c(Cl)ccc(Cl)c1C(=O)OCCOc1ccccc1. The Labute approximate surface area is 132 Å². The molecule has 0 aliphatic carbocycles. The maximum atomic E-state index is 11.9. The third-order valence-corrected chi connectivity index (χ3v) is 3.32. The lowest BCUT2D eigenvalue weighted by molar-refractivity contribution is 0.0452. The van der Waals surface area contributed by atoms with Crippen molar-refractivity contribution in [3.63, 3.8) is 0 Å². The van der Waals surface area contributed by atoms with E-state index in [2.05, 4.69) is 0 Å². The molecule has 2 rings (SSSR count). The summed E-state index contributed by atoms with van der Waals surface area (Å²) in [6.45, 7) is 0.309. The number of ether oxygens (including phenoxy) is 2. The molecule has 2 N–H and O–H groups in total. The van der Waals surface area contributed by atoms with Crippen LogP contribution in [-0.4, -0.2) is 19.2 Å². The average Bonchev–Trinajstić information content (AvgIpc) is 2.49. The van der Waals surface area contributed by atoms with Gasteiger partial charge in [0.2, 0.25) is 0 Å². The van der Waals surface area contributed by atoms with Gasteiger partial charge in [-0.3, -0.25) is 0 Å². The zero-order valence-corrected chi connectivity index (χ0v) is 12.5. The number of carbonyl (C=O) groups is 1. The summed E-state index contributed by atoms with van der Waals surface area (Å²) in [5.74, 6) is 0.0745. The summed E-state index contributed by atoms with van der Waals surface area (Å²) in [5, 5.41) is 0.456. The van der Waals surface area contributed by atoms with Gasteiger partial charge in [0.05, 0.1) is 15.7 Å². The van der Waals surface area contributed by atoms with E-state index in [0.29, 0.717) is 5.75 Å². The Balaban J connectivity index is 1.89. The molecule has 0 aliphatic heterocycles. The Morgan fingerprint density at radius 1 is 1.00 bits per heavy atom. The molecular weight excluding hydrogens is 313 g/mol. The molecule has 2 aromatic rings. The number of halogens is 2. The van der Waals surface area contributed by atoms with E-state index in [9.17, 15) is 4.79 Å². The third kappa shape index (κ3) is 4.03. The molecule has 2 aromatic carbocycles. The second-order valence-electron chi connectivity index (χ2n) is 4.12. The zero-order chi connectivity index (χ0) is 15.2. The molecular formula is C15H13Cl2NO3. The Morgan fingerprint density at radius 3 is 2.38 bits per heavy atom. The topological polar surface area (TPSA) is 61.6 Å². The summed E-state index contributed by atoms with van der Waals surface area (Å²) >= 11 is 11.8. The Morgan fingerprint density at radius 2 is 1.67 bits per heavy atom. The van der Waals surface area contributed by atoms with Crippen LogP contribution in [0.25, 0.3) is 0 Å². The fourth-order valence-electron chi connectivity index (χ4n) is 1.66. The summed E-state index contributed by atoms with van der Waals surface area (Å²) in [6.07, 6.45) is 0. The number of esters is 1. The molecule has 110 valence electrons. The number of carbonyl (C=O) groups excluding carboxylic acids is 1. The minimum Gasteiger partial charge on any atom is -0.490 e. The summed E-state index contributed by atoms with van der Waals surface area (Å²) in [7, 11) is 0. The van der Waals surface area contributed by atoms with Crippen LogP contribution in [0.15, 0.2) is 42.5 Å².